The maximum absolute atomic E-state index is 10.8. The number of aliphatic imine (C=N–C) groups is 1. The van der Waals surface area contributed by atoms with Crippen molar-refractivity contribution in [2.45, 2.75) is 20.4 Å². The summed E-state index contributed by atoms with van der Waals surface area (Å²) in [6.07, 6.45) is 0. The van der Waals surface area contributed by atoms with Crippen LogP contribution >= 0.6 is 11.3 Å². The fraction of sp³-hybridized carbons (Fsp3) is 0.545. The van der Waals surface area contributed by atoms with E-state index in [1.807, 2.05) is 19.9 Å². The summed E-state index contributed by atoms with van der Waals surface area (Å²) < 4.78 is 21.7. The van der Waals surface area contributed by atoms with Gasteiger partial charge in [0.15, 0.2) is 5.96 Å². The lowest BCUT2D eigenvalue weighted by atomic mass is 10.4. The van der Waals surface area contributed by atoms with Crippen LogP contribution in [0.25, 0.3) is 0 Å². The van der Waals surface area contributed by atoms with Crippen molar-refractivity contribution in [1.82, 2.24) is 10.6 Å². The zero-order valence-electron chi connectivity index (χ0n) is 11.1. The van der Waals surface area contributed by atoms with Crippen molar-refractivity contribution in [2.24, 2.45) is 10.1 Å². The van der Waals surface area contributed by atoms with Gasteiger partial charge in [0.2, 0.25) is 10.0 Å². The van der Waals surface area contributed by atoms with E-state index in [0.29, 0.717) is 19.0 Å². The first-order valence-corrected chi connectivity index (χ1v) is 8.52. The first-order chi connectivity index (χ1) is 8.90. The van der Waals surface area contributed by atoms with E-state index in [0.717, 1.165) is 0 Å². The van der Waals surface area contributed by atoms with E-state index in [4.69, 9.17) is 5.14 Å². The Morgan fingerprint density at radius 1 is 1.42 bits per heavy atom. The summed E-state index contributed by atoms with van der Waals surface area (Å²) in [5, 5.41) is 10.9. The molecule has 0 saturated heterocycles. The van der Waals surface area contributed by atoms with Crippen LogP contribution < -0.4 is 15.8 Å². The number of rotatable bonds is 6. The van der Waals surface area contributed by atoms with Crippen molar-refractivity contribution >= 4 is 27.3 Å². The number of sulfonamides is 1. The first kappa shape index (κ1) is 15.9. The first-order valence-electron chi connectivity index (χ1n) is 5.98. The normalized spacial score (nSPS) is 12.5. The average molecular weight is 304 g/mol. The molecule has 19 heavy (non-hydrogen) atoms. The van der Waals surface area contributed by atoms with Gasteiger partial charge >= 0.3 is 0 Å². The Morgan fingerprint density at radius 3 is 2.68 bits per heavy atom. The standard InChI is InChI=1S/C11H20N4O2S2/c1-3-13-11(14-6-7-19(12,16)17)15-8-10-5-4-9(2)18-10/h4-5H,3,6-8H2,1-2H3,(H2,12,16,17)(H2,13,14,15). The highest BCUT2D eigenvalue weighted by Gasteiger charge is 2.03. The Bertz CT molecular complexity index is 523. The highest BCUT2D eigenvalue weighted by atomic mass is 32.2. The van der Waals surface area contributed by atoms with Crippen LogP contribution in [0.1, 0.15) is 16.7 Å². The van der Waals surface area contributed by atoms with Crippen LogP contribution in [0.5, 0.6) is 0 Å². The Morgan fingerprint density at radius 2 is 2.16 bits per heavy atom. The molecule has 0 amide bonds. The van der Waals surface area contributed by atoms with E-state index in [-0.39, 0.29) is 12.3 Å². The SMILES string of the molecule is CCNC(=NCc1ccc(C)s1)NCCS(N)(=O)=O. The molecule has 0 fully saturated rings. The van der Waals surface area contributed by atoms with E-state index in [1.165, 1.54) is 9.75 Å². The lowest BCUT2D eigenvalue weighted by molar-refractivity contribution is 0.596. The molecule has 0 aromatic carbocycles. The van der Waals surface area contributed by atoms with Gasteiger partial charge in [-0.3, -0.25) is 0 Å². The summed E-state index contributed by atoms with van der Waals surface area (Å²) in [7, 11) is -3.44. The Hall–Kier alpha value is -1.12. The van der Waals surface area contributed by atoms with Gasteiger partial charge in [0.25, 0.3) is 0 Å². The van der Waals surface area contributed by atoms with Crippen molar-refractivity contribution in [2.75, 3.05) is 18.8 Å². The molecule has 4 N–H and O–H groups in total. The largest absolute Gasteiger partial charge is 0.357 e. The number of thiophene rings is 1. The number of aryl methyl sites for hydroxylation is 1. The van der Waals surface area contributed by atoms with Crippen LogP contribution in [0.4, 0.5) is 0 Å². The summed E-state index contributed by atoms with van der Waals surface area (Å²) in [5.74, 6) is 0.479. The minimum Gasteiger partial charge on any atom is -0.357 e. The van der Waals surface area contributed by atoms with Gasteiger partial charge in [0.1, 0.15) is 0 Å². The second-order valence-electron chi connectivity index (χ2n) is 4.00. The third-order valence-corrected chi connectivity index (χ3v) is 3.97. The molecule has 0 saturated carbocycles. The molecule has 0 aliphatic carbocycles. The second-order valence-corrected chi connectivity index (χ2v) is 7.11. The van der Waals surface area contributed by atoms with E-state index < -0.39 is 10.0 Å². The molecule has 1 aromatic heterocycles. The molecule has 8 heteroatoms. The van der Waals surface area contributed by atoms with Gasteiger partial charge < -0.3 is 10.6 Å². The molecule has 0 aliphatic rings. The van der Waals surface area contributed by atoms with Crippen molar-refractivity contribution in [3.63, 3.8) is 0 Å². The molecule has 0 spiro atoms. The van der Waals surface area contributed by atoms with Gasteiger partial charge in [-0.2, -0.15) is 0 Å². The predicted octanol–water partition coefficient (Wildman–Crippen LogP) is 0.400. The molecule has 108 valence electrons. The van der Waals surface area contributed by atoms with Crippen LogP contribution in [-0.2, 0) is 16.6 Å². The van der Waals surface area contributed by atoms with Crippen molar-refractivity contribution in [3.05, 3.63) is 21.9 Å². The van der Waals surface area contributed by atoms with Crippen LogP contribution in [0.2, 0.25) is 0 Å². The molecule has 0 bridgehead atoms. The quantitative estimate of drug-likeness (QED) is 0.523. The molecular formula is C11H20N4O2S2. The Balaban J connectivity index is 2.51. The molecule has 0 aliphatic heterocycles. The third-order valence-electron chi connectivity index (χ3n) is 2.21. The van der Waals surface area contributed by atoms with Gasteiger partial charge in [0, 0.05) is 22.8 Å². The monoisotopic (exact) mass is 304 g/mol. The van der Waals surface area contributed by atoms with Crippen LogP contribution in [0.15, 0.2) is 17.1 Å². The molecule has 1 rings (SSSR count). The van der Waals surface area contributed by atoms with Gasteiger partial charge in [0.05, 0.1) is 12.3 Å². The minimum absolute atomic E-state index is 0.116. The number of nitrogens with two attached hydrogens (primary N) is 1. The molecule has 0 atom stereocenters. The molecule has 0 unspecified atom stereocenters. The van der Waals surface area contributed by atoms with Crippen LogP contribution in [0, 0.1) is 6.92 Å². The van der Waals surface area contributed by atoms with E-state index in [1.54, 1.807) is 11.3 Å². The minimum atomic E-state index is -3.44. The fourth-order valence-electron chi connectivity index (χ4n) is 1.38. The lowest BCUT2D eigenvalue weighted by Crippen LogP contribution is -2.40. The summed E-state index contributed by atoms with van der Waals surface area (Å²) in [5.41, 5.74) is 0. The highest BCUT2D eigenvalue weighted by molar-refractivity contribution is 7.89. The van der Waals surface area contributed by atoms with Crippen molar-refractivity contribution < 1.29 is 8.42 Å². The maximum atomic E-state index is 10.8. The number of guanidine groups is 1. The van der Waals surface area contributed by atoms with Gasteiger partial charge in [-0.15, -0.1) is 11.3 Å². The van der Waals surface area contributed by atoms with E-state index >= 15 is 0 Å². The smallest absolute Gasteiger partial charge is 0.210 e. The van der Waals surface area contributed by atoms with Crippen LogP contribution in [-0.4, -0.2) is 33.2 Å². The number of hydrogen-bond acceptors (Lipinski definition) is 4. The topological polar surface area (TPSA) is 96.6 Å². The summed E-state index contributed by atoms with van der Waals surface area (Å²) in [6, 6.07) is 4.09. The molecule has 1 heterocycles. The zero-order chi connectivity index (χ0) is 14.3. The zero-order valence-corrected chi connectivity index (χ0v) is 12.8. The summed E-state index contributed by atoms with van der Waals surface area (Å²) >= 11 is 1.70. The van der Waals surface area contributed by atoms with Crippen LogP contribution in [0.3, 0.4) is 0 Å². The number of hydrogen-bond donors (Lipinski definition) is 3. The number of primary sulfonamides is 1. The molecule has 1 aromatic rings. The molecule has 0 radical (unpaired) electrons. The predicted molar refractivity (Wildman–Crippen MR) is 79.8 cm³/mol. The van der Waals surface area contributed by atoms with Crippen molar-refractivity contribution in [3.8, 4) is 0 Å². The maximum Gasteiger partial charge on any atom is 0.210 e. The summed E-state index contributed by atoms with van der Waals surface area (Å²) in [6.45, 7) is 5.53. The van der Waals surface area contributed by atoms with E-state index in [2.05, 4.69) is 21.7 Å². The van der Waals surface area contributed by atoms with E-state index in [9.17, 15) is 8.42 Å². The third kappa shape index (κ3) is 7.14. The number of nitrogens with one attached hydrogen (secondary N) is 2. The van der Waals surface area contributed by atoms with Gasteiger partial charge in [-0.25, -0.2) is 18.5 Å². The Labute approximate surface area is 118 Å². The highest BCUT2D eigenvalue weighted by Crippen LogP contribution is 2.15. The molecular weight excluding hydrogens is 284 g/mol. The van der Waals surface area contributed by atoms with Crippen molar-refractivity contribution in [1.29, 1.82) is 0 Å². The molecule has 6 nitrogen and oxygen atoms in total. The average Bonchev–Trinajstić information content (AvgIpc) is 2.70. The lowest BCUT2D eigenvalue weighted by Gasteiger charge is -2.10. The fourth-order valence-corrected chi connectivity index (χ4v) is 2.58. The second kappa shape index (κ2) is 7.46. The van der Waals surface area contributed by atoms with Gasteiger partial charge in [-0.05, 0) is 26.0 Å². The number of nitrogens with zero attached hydrogens (tertiary/aromatic N) is 1. The Kier molecular flexibility index (Phi) is 6.26. The van der Waals surface area contributed by atoms with Gasteiger partial charge in [-0.1, -0.05) is 0 Å². The summed E-state index contributed by atoms with van der Waals surface area (Å²) in [4.78, 5) is 6.80.